The Morgan fingerprint density at radius 2 is 2.04 bits per heavy atom. The summed E-state index contributed by atoms with van der Waals surface area (Å²) in [6.45, 7) is 3.88. The Morgan fingerprint density at radius 1 is 1.26 bits per heavy atom. The molecule has 1 heterocycles. The zero-order valence-electron chi connectivity index (χ0n) is 13.5. The zero-order chi connectivity index (χ0) is 16.4. The summed E-state index contributed by atoms with van der Waals surface area (Å²) in [7, 11) is 0. The fraction of sp³-hybridized carbons (Fsp3) is 0.529. The maximum absolute atomic E-state index is 12.2. The molecular formula is C17H23N3O3. The average Bonchev–Trinajstić information content (AvgIpc) is 2.51. The third-order valence-corrected chi connectivity index (χ3v) is 4.60. The molecule has 3 atom stereocenters. The molecule has 1 aromatic rings. The third kappa shape index (κ3) is 3.57. The topological polar surface area (TPSA) is 79.5 Å². The van der Waals surface area contributed by atoms with Gasteiger partial charge in [0.05, 0.1) is 5.69 Å². The van der Waals surface area contributed by atoms with Crippen LogP contribution in [0.5, 0.6) is 5.75 Å². The van der Waals surface area contributed by atoms with Crippen molar-refractivity contribution in [3.63, 3.8) is 0 Å². The average molecular weight is 317 g/mol. The van der Waals surface area contributed by atoms with Crippen LogP contribution in [0, 0.1) is 5.92 Å². The highest BCUT2D eigenvalue weighted by molar-refractivity contribution is 5.99. The number of urea groups is 1. The van der Waals surface area contributed by atoms with Gasteiger partial charge in [0.2, 0.25) is 0 Å². The Balaban J connectivity index is 1.63. The molecule has 3 amide bonds. The standard InChI is InChI=1S/C17H23N3O3/c1-10-5-3-4-6-13(10)20-17(22)18-12-7-8-15-14(9-12)19-16(21)11(2)23-15/h7-11,13H,3-6H2,1-2H3,(H,19,21)(H2,18,20,22). The van der Waals surface area contributed by atoms with E-state index in [9.17, 15) is 9.59 Å². The van der Waals surface area contributed by atoms with Gasteiger partial charge in [0.15, 0.2) is 6.10 Å². The van der Waals surface area contributed by atoms with Gasteiger partial charge in [-0.1, -0.05) is 19.8 Å². The number of anilines is 2. The van der Waals surface area contributed by atoms with Gasteiger partial charge in [-0.15, -0.1) is 0 Å². The van der Waals surface area contributed by atoms with Crippen LogP contribution in [0.3, 0.4) is 0 Å². The molecule has 3 N–H and O–H groups in total. The minimum atomic E-state index is -0.502. The molecule has 0 spiro atoms. The van der Waals surface area contributed by atoms with Crippen LogP contribution in [0.25, 0.3) is 0 Å². The number of benzene rings is 1. The summed E-state index contributed by atoms with van der Waals surface area (Å²) in [5, 5.41) is 8.65. The van der Waals surface area contributed by atoms with Gasteiger partial charge in [-0.05, 0) is 43.9 Å². The SMILES string of the molecule is CC1Oc2ccc(NC(=O)NC3CCCCC3C)cc2NC1=O. The number of ether oxygens (including phenoxy) is 1. The maximum Gasteiger partial charge on any atom is 0.319 e. The van der Waals surface area contributed by atoms with Gasteiger partial charge >= 0.3 is 6.03 Å². The molecule has 124 valence electrons. The minimum absolute atomic E-state index is 0.185. The van der Waals surface area contributed by atoms with Gasteiger partial charge in [-0.3, -0.25) is 4.79 Å². The van der Waals surface area contributed by atoms with Crippen molar-refractivity contribution < 1.29 is 14.3 Å². The molecule has 0 saturated heterocycles. The lowest BCUT2D eigenvalue weighted by Gasteiger charge is -2.29. The smallest absolute Gasteiger partial charge is 0.319 e. The normalized spacial score (nSPS) is 26.5. The predicted octanol–water partition coefficient (Wildman–Crippen LogP) is 3.11. The van der Waals surface area contributed by atoms with Crippen LogP contribution in [0.1, 0.15) is 39.5 Å². The summed E-state index contributed by atoms with van der Waals surface area (Å²) in [4.78, 5) is 23.8. The Labute approximate surface area is 136 Å². The number of amides is 3. The molecular weight excluding hydrogens is 294 g/mol. The van der Waals surface area contributed by atoms with Gasteiger partial charge in [0.25, 0.3) is 5.91 Å². The lowest BCUT2D eigenvalue weighted by atomic mass is 9.86. The number of hydrogen-bond acceptors (Lipinski definition) is 3. The molecule has 1 aliphatic carbocycles. The molecule has 3 unspecified atom stereocenters. The summed E-state index contributed by atoms with van der Waals surface area (Å²) < 4.78 is 5.50. The van der Waals surface area contributed by atoms with E-state index in [0.717, 1.165) is 19.3 Å². The summed E-state index contributed by atoms with van der Waals surface area (Å²) in [5.74, 6) is 0.936. The van der Waals surface area contributed by atoms with Gasteiger partial charge in [-0.25, -0.2) is 4.79 Å². The zero-order valence-corrected chi connectivity index (χ0v) is 13.5. The van der Waals surface area contributed by atoms with Crippen LogP contribution in [-0.4, -0.2) is 24.1 Å². The van der Waals surface area contributed by atoms with Gasteiger partial charge in [0, 0.05) is 11.7 Å². The number of carbonyl (C=O) groups excluding carboxylic acids is 2. The van der Waals surface area contributed by atoms with Crippen LogP contribution in [0.4, 0.5) is 16.2 Å². The molecule has 1 saturated carbocycles. The first-order valence-corrected chi connectivity index (χ1v) is 8.22. The van der Waals surface area contributed by atoms with E-state index in [1.54, 1.807) is 25.1 Å². The van der Waals surface area contributed by atoms with Crippen molar-refractivity contribution in [2.75, 3.05) is 10.6 Å². The first-order valence-electron chi connectivity index (χ1n) is 8.22. The largest absolute Gasteiger partial charge is 0.479 e. The van der Waals surface area contributed by atoms with E-state index in [0.29, 0.717) is 23.0 Å². The second-order valence-electron chi connectivity index (χ2n) is 6.43. The summed E-state index contributed by atoms with van der Waals surface area (Å²) in [6, 6.07) is 5.26. The first-order chi connectivity index (χ1) is 11.0. The van der Waals surface area contributed by atoms with E-state index in [-0.39, 0.29) is 18.0 Å². The Hall–Kier alpha value is -2.24. The Bertz CT molecular complexity index is 617. The number of fused-ring (bicyclic) bond motifs is 1. The van der Waals surface area contributed by atoms with Crippen LogP contribution in [0.2, 0.25) is 0 Å². The number of rotatable bonds is 2. The van der Waals surface area contributed by atoms with E-state index in [2.05, 4.69) is 22.9 Å². The van der Waals surface area contributed by atoms with Crippen molar-refractivity contribution in [2.45, 2.75) is 51.7 Å². The molecule has 6 nitrogen and oxygen atoms in total. The van der Waals surface area contributed by atoms with Crippen molar-refractivity contribution in [2.24, 2.45) is 5.92 Å². The van der Waals surface area contributed by atoms with Gasteiger partial charge in [0.1, 0.15) is 5.75 Å². The van der Waals surface area contributed by atoms with E-state index < -0.39 is 6.10 Å². The van der Waals surface area contributed by atoms with Crippen molar-refractivity contribution in [3.05, 3.63) is 18.2 Å². The van der Waals surface area contributed by atoms with E-state index in [1.807, 2.05) is 0 Å². The fourth-order valence-electron chi connectivity index (χ4n) is 3.15. The van der Waals surface area contributed by atoms with Crippen molar-refractivity contribution in [3.8, 4) is 5.75 Å². The molecule has 0 radical (unpaired) electrons. The van der Waals surface area contributed by atoms with Crippen LogP contribution < -0.4 is 20.7 Å². The van der Waals surface area contributed by atoms with Crippen LogP contribution in [0.15, 0.2) is 18.2 Å². The van der Waals surface area contributed by atoms with E-state index in [1.165, 1.54) is 6.42 Å². The summed E-state index contributed by atoms with van der Waals surface area (Å²) in [5.41, 5.74) is 1.21. The first kappa shape index (κ1) is 15.6. The number of hydrogen-bond donors (Lipinski definition) is 3. The lowest BCUT2D eigenvalue weighted by molar-refractivity contribution is -0.122. The number of nitrogens with one attached hydrogen (secondary N) is 3. The van der Waals surface area contributed by atoms with Gasteiger partial charge < -0.3 is 20.7 Å². The minimum Gasteiger partial charge on any atom is -0.479 e. The summed E-state index contributed by atoms with van der Waals surface area (Å²) in [6.07, 6.45) is 4.09. The van der Waals surface area contributed by atoms with Crippen molar-refractivity contribution >= 4 is 23.3 Å². The molecule has 6 heteroatoms. The monoisotopic (exact) mass is 317 g/mol. The van der Waals surface area contributed by atoms with E-state index >= 15 is 0 Å². The van der Waals surface area contributed by atoms with Crippen molar-refractivity contribution in [1.29, 1.82) is 0 Å². The fourth-order valence-corrected chi connectivity index (χ4v) is 3.15. The van der Waals surface area contributed by atoms with Crippen LogP contribution >= 0.6 is 0 Å². The second kappa shape index (κ2) is 6.48. The second-order valence-corrected chi connectivity index (χ2v) is 6.43. The molecule has 1 aliphatic heterocycles. The predicted molar refractivity (Wildman–Crippen MR) is 88.7 cm³/mol. The van der Waals surface area contributed by atoms with Gasteiger partial charge in [-0.2, -0.15) is 0 Å². The summed E-state index contributed by atoms with van der Waals surface area (Å²) >= 11 is 0. The highest BCUT2D eigenvalue weighted by atomic mass is 16.5. The highest BCUT2D eigenvalue weighted by Gasteiger charge is 2.25. The molecule has 3 rings (SSSR count). The Kier molecular flexibility index (Phi) is 4.41. The number of carbonyl (C=O) groups is 2. The molecule has 2 aliphatic rings. The quantitative estimate of drug-likeness (QED) is 0.784. The molecule has 0 aromatic heterocycles. The Morgan fingerprint density at radius 3 is 2.83 bits per heavy atom. The maximum atomic E-state index is 12.2. The molecule has 1 aromatic carbocycles. The molecule has 0 bridgehead atoms. The lowest BCUT2D eigenvalue weighted by Crippen LogP contribution is -2.43. The van der Waals surface area contributed by atoms with Crippen molar-refractivity contribution in [1.82, 2.24) is 5.32 Å². The van der Waals surface area contributed by atoms with Crippen LogP contribution in [-0.2, 0) is 4.79 Å². The third-order valence-electron chi connectivity index (χ3n) is 4.60. The molecule has 23 heavy (non-hydrogen) atoms. The molecule has 1 fully saturated rings. The van der Waals surface area contributed by atoms with E-state index in [4.69, 9.17) is 4.74 Å². The highest BCUT2D eigenvalue weighted by Crippen LogP contribution is 2.32.